The summed E-state index contributed by atoms with van der Waals surface area (Å²) in [5.41, 5.74) is 3.33. The van der Waals surface area contributed by atoms with Crippen LogP contribution in [0.2, 0.25) is 0 Å². The first-order valence-corrected chi connectivity index (χ1v) is 11.1. The van der Waals surface area contributed by atoms with E-state index in [1.165, 1.54) is 33.7 Å². The molecule has 3 aromatic heterocycles. The van der Waals surface area contributed by atoms with E-state index in [9.17, 15) is 4.79 Å². The number of aryl methyl sites for hydroxylation is 3. The molecule has 1 amide bonds. The first kappa shape index (κ1) is 19.0. The van der Waals surface area contributed by atoms with Crippen LogP contribution in [0.1, 0.15) is 16.0 Å². The lowest BCUT2D eigenvalue weighted by Crippen LogP contribution is -2.15. The molecule has 4 rings (SSSR count). The highest BCUT2D eigenvalue weighted by molar-refractivity contribution is 8.00. The van der Waals surface area contributed by atoms with Gasteiger partial charge in [0.15, 0.2) is 0 Å². The van der Waals surface area contributed by atoms with Crippen LogP contribution in [-0.2, 0) is 4.79 Å². The third-order valence-corrected chi connectivity index (χ3v) is 7.18. The van der Waals surface area contributed by atoms with E-state index < -0.39 is 0 Å². The number of amides is 1. The highest BCUT2D eigenvalue weighted by Gasteiger charge is 2.15. The summed E-state index contributed by atoms with van der Waals surface area (Å²) in [6.07, 6.45) is 1.55. The van der Waals surface area contributed by atoms with E-state index in [2.05, 4.69) is 38.5 Å². The van der Waals surface area contributed by atoms with Gasteiger partial charge in [-0.2, -0.15) is 9.36 Å². The molecule has 0 aliphatic rings. The molecule has 28 heavy (non-hydrogen) atoms. The third kappa shape index (κ3) is 3.78. The van der Waals surface area contributed by atoms with Crippen molar-refractivity contribution in [3.05, 3.63) is 46.6 Å². The number of anilines is 1. The number of hydrogen-bond donors (Lipinski definition) is 1. The minimum atomic E-state index is -0.157. The smallest absolute Gasteiger partial charge is 0.241 e. The fourth-order valence-electron chi connectivity index (χ4n) is 2.75. The molecule has 4 aromatic rings. The van der Waals surface area contributed by atoms with Crippen LogP contribution in [0.25, 0.3) is 20.8 Å². The van der Waals surface area contributed by atoms with Gasteiger partial charge in [-0.25, -0.2) is 9.97 Å². The Morgan fingerprint density at radius 3 is 2.82 bits per heavy atom. The van der Waals surface area contributed by atoms with E-state index in [0.717, 1.165) is 31.4 Å². The monoisotopic (exact) mass is 427 g/mol. The number of carbonyl (C=O) groups excluding carboxylic acids is 1. The van der Waals surface area contributed by atoms with Gasteiger partial charge in [0.25, 0.3) is 0 Å². The summed E-state index contributed by atoms with van der Waals surface area (Å²) in [6.45, 7) is 6.17. The van der Waals surface area contributed by atoms with E-state index in [1.807, 2.05) is 31.2 Å². The Balaban J connectivity index is 1.44. The van der Waals surface area contributed by atoms with E-state index in [0.29, 0.717) is 5.95 Å². The van der Waals surface area contributed by atoms with Crippen LogP contribution in [0, 0.1) is 20.8 Å². The predicted octanol–water partition coefficient (Wildman–Crippen LogP) is 4.87. The molecule has 0 radical (unpaired) electrons. The SMILES string of the molecule is Cc1ccccc1-c1nc(NC(=O)CSc2ncnc3sc(C)c(C)c23)ns1. The first-order chi connectivity index (χ1) is 13.5. The Kier molecular flexibility index (Phi) is 5.38. The molecule has 1 N–H and O–H groups in total. The van der Waals surface area contributed by atoms with Crippen molar-refractivity contribution in [1.29, 1.82) is 0 Å². The van der Waals surface area contributed by atoms with Gasteiger partial charge >= 0.3 is 0 Å². The maximum atomic E-state index is 12.4. The molecule has 0 aliphatic carbocycles. The van der Waals surface area contributed by atoms with Gasteiger partial charge in [0.2, 0.25) is 11.9 Å². The number of thioether (sulfide) groups is 1. The number of thiophene rings is 1. The molecule has 0 unspecified atom stereocenters. The van der Waals surface area contributed by atoms with E-state index in [4.69, 9.17) is 0 Å². The molecule has 142 valence electrons. The highest BCUT2D eigenvalue weighted by Crippen LogP contribution is 2.34. The third-order valence-electron chi connectivity index (χ3n) is 4.32. The summed E-state index contributed by atoms with van der Waals surface area (Å²) >= 11 is 4.33. The number of hydrogen-bond acceptors (Lipinski definition) is 8. The molecule has 0 saturated carbocycles. The normalized spacial score (nSPS) is 11.1. The highest BCUT2D eigenvalue weighted by atomic mass is 32.2. The van der Waals surface area contributed by atoms with Crippen molar-refractivity contribution in [2.24, 2.45) is 0 Å². The van der Waals surface area contributed by atoms with Crippen LogP contribution < -0.4 is 5.32 Å². The molecular weight excluding hydrogens is 410 g/mol. The molecule has 0 saturated heterocycles. The first-order valence-electron chi connectivity index (χ1n) is 8.56. The molecule has 0 spiro atoms. The zero-order valence-corrected chi connectivity index (χ0v) is 18.0. The van der Waals surface area contributed by atoms with Crippen molar-refractivity contribution in [2.75, 3.05) is 11.1 Å². The Morgan fingerprint density at radius 1 is 1.18 bits per heavy atom. The summed E-state index contributed by atoms with van der Waals surface area (Å²) in [4.78, 5) is 27.7. The second-order valence-corrected chi connectivity index (χ2v) is 9.14. The summed E-state index contributed by atoms with van der Waals surface area (Å²) in [6, 6.07) is 7.99. The molecule has 0 atom stereocenters. The average molecular weight is 428 g/mol. The second kappa shape index (κ2) is 7.94. The van der Waals surface area contributed by atoms with Gasteiger partial charge in [-0.15, -0.1) is 11.3 Å². The van der Waals surface area contributed by atoms with Crippen LogP contribution in [0.3, 0.4) is 0 Å². The number of benzene rings is 1. The van der Waals surface area contributed by atoms with Crippen molar-refractivity contribution in [3.63, 3.8) is 0 Å². The van der Waals surface area contributed by atoms with Gasteiger partial charge in [-0.05, 0) is 43.4 Å². The lowest BCUT2D eigenvalue weighted by atomic mass is 10.1. The van der Waals surface area contributed by atoms with Gasteiger partial charge < -0.3 is 0 Å². The van der Waals surface area contributed by atoms with E-state index in [-0.39, 0.29) is 11.7 Å². The fourth-order valence-corrected chi connectivity index (χ4v) is 5.38. The van der Waals surface area contributed by atoms with Crippen molar-refractivity contribution in [2.45, 2.75) is 25.8 Å². The molecule has 0 fully saturated rings. The zero-order chi connectivity index (χ0) is 19.7. The lowest BCUT2D eigenvalue weighted by molar-refractivity contribution is -0.113. The predicted molar refractivity (Wildman–Crippen MR) is 116 cm³/mol. The standard InChI is InChI=1S/C19H17N5OS3/c1-10-6-4-5-7-13(10)16-23-19(24-28-16)22-14(25)8-26-17-15-11(2)12(3)27-18(15)21-9-20-17/h4-7,9H,8H2,1-3H3,(H,22,24,25). The molecule has 0 bridgehead atoms. The summed E-state index contributed by atoms with van der Waals surface area (Å²) in [5.74, 6) is 0.416. The van der Waals surface area contributed by atoms with Crippen LogP contribution in [0.15, 0.2) is 35.6 Å². The van der Waals surface area contributed by atoms with Crippen LogP contribution in [0.5, 0.6) is 0 Å². The fraction of sp³-hybridized carbons (Fsp3) is 0.211. The van der Waals surface area contributed by atoms with Gasteiger partial charge in [0.1, 0.15) is 21.2 Å². The second-order valence-electron chi connectivity index (χ2n) is 6.22. The van der Waals surface area contributed by atoms with E-state index in [1.54, 1.807) is 17.7 Å². The van der Waals surface area contributed by atoms with Crippen LogP contribution in [0.4, 0.5) is 5.95 Å². The van der Waals surface area contributed by atoms with Crippen molar-refractivity contribution >= 4 is 56.7 Å². The number of rotatable bonds is 5. The van der Waals surface area contributed by atoms with Gasteiger partial charge in [0.05, 0.1) is 5.75 Å². The molecular formula is C19H17N5OS3. The van der Waals surface area contributed by atoms with Crippen molar-refractivity contribution in [3.8, 4) is 10.6 Å². The lowest BCUT2D eigenvalue weighted by Gasteiger charge is -2.03. The molecule has 0 aliphatic heterocycles. The Morgan fingerprint density at radius 2 is 2.00 bits per heavy atom. The van der Waals surface area contributed by atoms with Gasteiger partial charge in [-0.3, -0.25) is 10.1 Å². The van der Waals surface area contributed by atoms with Gasteiger partial charge in [0, 0.05) is 15.8 Å². The van der Waals surface area contributed by atoms with Gasteiger partial charge in [-0.1, -0.05) is 36.0 Å². The number of carbonyl (C=O) groups is 1. The minimum Gasteiger partial charge on any atom is -0.293 e. The van der Waals surface area contributed by atoms with Crippen molar-refractivity contribution in [1.82, 2.24) is 19.3 Å². The Bertz CT molecular complexity index is 1170. The quantitative estimate of drug-likeness (QED) is 0.362. The number of fused-ring (bicyclic) bond motifs is 1. The largest absolute Gasteiger partial charge is 0.293 e. The average Bonchev–Trinajstić information content (AvgIpc) is 3.25. The van der Waals surface area contributed by atoms with Crippen LogP contribution >= 0.6 is 34.6 Å². The summed E-state index contributed by atoms with van der Waals surface area (Å²) < 4.78 is 4.26. The Hall–Kier alpha value is -2.36. The molecule has 3 heterocycles. The number of aromatic nitrogens is 4. The number of nitrogens with one attached hydrogen (secondary N) is 1. The maximum absolute atomic E-state index is 12.4. The summed E-state index contributed by atoms with van der Waals surface area (Å²) in [5, 5.41) is 5.44. The van der Waals surface area contributed by atoms with E-state index >= 15 is 0 Å². The van der Waals surface area contributed by atoms with Crippen LogP contribution in [-0.4, -0.2) is 31.0 Å². The minimum absolute atomic E-state index is 0.157. The zero-order valence-electron chi connectivity index (χ0n) is 15.5. The maximum Gasteiger partial charge on any atom is 0.241 e. The Labute approximate surface area is 174 Å². The topological polar surface area (TPSA) is 80.7 Å². The summed E-state index contributed by atoms with van der Waals surface area (Å²) in [7, 11) is 0. The van der Waals surface area contributed by atoms with Crippen molar-refractivity contribution < 1.29 is 4.79 Å². The molecule has 6 nitrogen and oxygen atoms in total. The number of nitrogens with zero attached hydrogens (tertiary/aromatic N) is 4. The molecule has 1 aromatic carbocycles. The molecule has 9 heteroatoms.